The molecule has 2 heteroatoms. The van der Waals surface area contributed by atoms with Crippen LogP contribution >= 0.6 is 11.8 Å². The van der Waals surface area contributed by atoms with E-state index in [0.717, 1.165) is 0 Å². The van der Waals surface area contributed by atoms with E-state index in [1.165, 1.54) is 48.4 Å². The molecule has 1 aliphatic heterocycles. The highest BCUT2D eigenvalue weighted by Gasteiger charge is 2.19. The Labute approximate surface area is 140 Å². The Bertz CT molecular complexity index is 545. The highest BCUT2D eigenvalue weighted by atomic mass is 32.2. The van der Waals surface area contributed by atoms with E-state index in [2.05, 4.69) is 80.9 Å². The van der Waals surface area contributed by atoms with Gasteiger partial charge in [0.05, 0.1) is 0 Å². The standard InChI is InChI=1S/C20H29NS/c1-5-7-11-16(3)19(10-6-2)22-20-14-8-13-18-17(20)12-9-15-21(18)4/h5,7-8,11,13-14,19H,6,9-10,12,15H2,1-4H3/b7-5-,16-11+. The molecule has 0 radical (unpaired) electrons. The van der Waals surface area contributed by atoms with Crippen LogP contribution in [-0.4, -0.2) is 18.8 Å². The van der Waals surface area contributed by atoms with Crippen molar-refractivity contribution < 1.29 is 0 Å². The van der Waals surface area contributed by atoms with Gasteiger partial charge in [0.25, 0.3) is 0 Å². The molecule has 1 aromatic rings. The molecular formula is C20H29NS. The first-order valence-corrected chi connectivity index (χ1v) is 9.34. The lowest BCUT2D eigenvalue weighted by atomic mass is 10.0. The largest absolute Gasteiger partial charge is 0.374 e. The Morgan fingerprint density at radius 1 is 1.41 bits per heavy atom. The van der Waals surface area contributed by atoms with Crippen LogP contribution in [0.5, 0.6) is 0 Å². The Balaban J connectivity index is 2.25. The summed E-state index contributed by atoms with van der Waals surface area (Å²) in [5.74, 6) is 0. The van der Waals surface area contributed by atoms with Gasteiger partial charge in [0.15, 0.2) is 0 Å². The van der Waals surface area contributed by atoms with E-state index in [-0.39, 0.29) is 0 Å². The second-order valence-corrected chi connectivity index (χ2v) is 7.36. The van der Waals surface area contributed by atoms with Crippen molar-refractivity contribution in [3.05, 3.63) is 47.6 Å². The van der Waals surface area contributed by atoms with Crippen LogP contribution in [0.4, 0.5) is 5.69 Å². The van der Waals surface area contributed by atoms with Crippen molar-refractivity contribution in [3.63, 3.8) is 0 Å². The summed E-state index contributed by atoms with van der Waals surface area (Å²) in [6.45, 7) is 7.81. The van der Waals surface area contributed by atoms with Gasteiger partial charge < -0.3 is 4.90 Å². The van der Waals surface area contributed by atoms with E-state index in [4.69, 9.17) is 0 Å². The highest BCUT2D eigenvalue weighted by Crippen LogP contribution is 2.38. The molecule has 1 unspecified atom stereocenters. The summed E-state index contributed by atoms with van der Waals surface area (Å²) in [6, 6.07) is 6.81. The number of hydrogen-bond acceptors (Lipinski definition) is 2. The van der Waals surface area contributed by atoms with Gasteiger partial charge in [-0.2, -0.15) is 0 Å². The molecule has 22 heavy (non-hydrogen) atoms. The predicted octanol–water partition coefficient (Wildman–Crippen LogP) is 5.85. The number of benzene rings is 1. The molecule has 1 atom stereocenters. The molecule has 1 heterocycles. The lowest BCUT2D eigenvalue weighted by Crippen LogP contribution is -2.25. The molecule has 0 amide bonds. The van der Waals surface area contributed by atoms with E-state index >= 15 is 0 Å². The topological polar surface area (TPSA) is 3.24 Å². The van der Waals surface area contributed by atoms with Gasteiger partial charge in [-0.15, -0.1) is 11.8 Å². The average Bonchev–Trinajstić information content (AvgIpc) is 2.53. The van der Waals surface area contributed by atoms with Crippen LogP contribution in [0.1, 0.15) is 45.6 Å². The molecule has 0 fully saturated rings. The zero-order valence-electron chi connectivity index (χ0n) is 14.4. The lowest BCUT2D eigenvalue weighted by Gasteiger charge is -2.30. The van der Waals surface area contributed by atoms with Gasteiger partial charge in [-0.3, -0.25) is 0 Å². The predicted molar refractivity (Wildman–Crippen MR) is 101 cm³/mol. The van der Waals surface area contributed by atoms with E-state index in [1.807, 2.05) is 0 Å². The van der Waals surface area contributed by atoms with Crippen molar-refractivity contribution in [1.29, 1.82) is 0 Å². The van der Waals surface area contributed by atoms with Gasteiger partial charge in [0.1, 0.15) is 0 Å². The SMILES string of the molecule is C/C=C\C=C(/C)C(CCC)Sc1cccc2c1CCCN2C. The molecule has 2 rings (SSSR count). The Morgan fingerprint density at radius 2 is 2.23 bits per heavy atom. The number of rotatable bonds is 6. The number of allylic oxidation sites excluding steroid dienone is 3. The van der Waals surface area contributed by atoms with Crippen molar-refractivity contribution in [2.75, 3.05) is 18.5 Å². The Hall–Kier alpha value is -1.15. The fourth-order valence-electron chi connectivity index (χ4n) is 3.04. The minimum atomic E-state index is 0.583. The van der Waals surface area contributed by atoms with Gasteiger partial charge in [0.2, 0.25) is 0 Å². The Morgan fingerprint density at radius 3 is 2.95 bits per heavy atom. The quantitative estimate of drug-likeness (QED) is 0.478. The molecule has 1 nitrogen and oxygen atoms in total. The summed E-state index contributed by atoms with van der Waals surface area (Å²) in [5.41, 5.74) is 4.47. The van der Waals surface area contributed by atoms with Gasteiger partial charge in [-0.05, 0) is 50.8 Å². The van der Waals surface area contributed by atoms with Crippen LogP contribution in [0.2, 0.25) is 0 Å². The van der Waals surface area contributed by atoms with Crippen LogP contribution in [0.3, 0.4) is 0 Å². The summed E-state index contributed by atoms with van der Waals surface area (Å²) in [5, 5.41) is 0.583. The molecule has 0 saturated heterocycles. The number of fused-ring (bicyclic) bond motifs is 1. The third-order valence-electron chi connectivity index (χ3n) is 4.32. The van der Waals surface area contributed by atoms with E-state index < -0.39 is 0 Å². The molecular weight excluding hydrogens is 286 g/mol. The average molecular weight is 316 g/mol. The molecule has 0 N–H and O–H groups in total. The molecule has 0 aliphatic carbocycles. The maximum atomic E-state index is 2.40. The van der Waals surface area contributed by atoms with Gasteiger partial charge >= 0.3 is 0 Å². The van der Waals surface area contributed by atoms with Crippen LogP contribution in [0.25, 0.3) is 0 Å². The number of anilines is 1. The van der Waals surface area contributed by atoms with E-state index in [9.17, 15) is 0 Å². The molecule has 0 spiro atoms. The fraction of sp³-hybridized carbons (Fsp3) is 0.500. The maximum Gasteiger partial charge on any atom is 0.0407 e. The van der Waals surface area contributed by atoms with E-state index in [1.54, 1.807) is 5.56 Å². The second kappa shape index (κ2) is 8.47. The van der Waals surface area contributed by atoms with E-state index in [0.29, 0.717) is 5.25 Å². The summed E-state index contributed by atoms with van der Waals surface area (Å²) >= 11 is 2.06. The summed E-state index contributed by atoms with van der Waals surface area (Å²) in [4.78, 5) is 3.89. The van der Waals surface area contributed by atoms with Gasteiger partial charge in [-0.25, -0.2) is 0 Å². The summed E-state index contributed by atoms with van der Waals surface area (Å²) in [7, 11) is 2.22. The minimum Gasteiger partial charge on any atom is -0.374 e. The number of thioether (sulfide) groups is 1. The van der Waals surface area contributed by atoms with Crippen molar-refractivity contribution in [1.82, 2.24) is 0 Å². The third kappa shape index (κ3) is 4.19. The first kappa shape index (κ1) is 17.2. The first-order chi connectivity index (χ1) is 10.7. The number of hydrogen-bond donors (Lipinski definition) is 0. The highest BCUT2D eigenvalue weighted by molar-refractivity contribution is 8.00. The zero-order valence-corrected chi connectivity index (χ0v) is 15.2. The van der Waals surface area contributed by atoms with Crippen molar-refractivity contribution in [2.24, 2.45) is 0 Å². The molecule has 0 saturated carbocycles. The third-order valence-corrected chi connectivity index (χ3v) is 5.85. The fourth-order valence-corrected chi connectivity index (χ4v) is 4.47. The molecule has 0 bridgehead atoms. The van der Waals surface area contributed by atoms with Crippen molar-refractivity contribution in [2.45, 2.75) is 56.6 Å². The van der Waals surface area contributed by atoms with Crippen LogP contribution < -0.4 is 4.90 Å². The summed E-state index contributed by atoms with van der Waals surface area (Å²) < 4.78 is 0. The molecule has 1 aliphatic rings. The minimum absolute atomic E-state index is 0.583. The van der Waals surface area contributed by atoms with Crippen LogP contribution in [-0.2, 0) is 6.42 Å². The smallest absolute Gasteiger partial charge is 0.0407 e. The van der Waals surface area contributed by atoms with Crippen molar-refractivity contribution >= 4 is 17.4 Å². The van der Waals surface area contributed by atoms with Crippen LogP contribution in [0.15, 0.2) is 46.9 Å². The Kier molecular flexibility index (Phi) is 6.63. The zero-order chi connectivity index (χ0) is 15.9. The monoisotopic (exact) mass is 315 g/mol. The molecule has 120 valence electrons. The molecule has 1 aromatic carbocycles. The number of nitrogens with zero attached hydrogens (tertiary/aromatic N) is 1. The first-order valence-electron chi connectivity index (χ1n) is 8.46. The van der Waals surface area contributed by atoms with Crippen LogP contribution in [0, 0.1) is 0 Å². The second-order valence-electron chi connectivity index (χ2n) is 6.11. The molecule has 0 aromatic heterocycles. The summed E-state index contributed by atoms with van der Waals surface area (Å²) in [6.07, 6.45) is 11.5. The maximum absolute atomic E-state index is 2.40. The normalized spacial score (nSPS) is 16.9. The van der Waals surface area contributed by atoms with Gasteiger partial charge in [-0.1, -0.05) is 43.2 Å². The van der Waals surface area contributed by atoms with Crippen molar-refractivity contribution in [3.8, 4) is 0 Å². The van der Waals surface area contributed by atoms with Gasteiger partial charge in [0, 0.05) is 29.4 Å². The lowest BCUT2D eigenvalue weighted by molar-refractivity contribution is 0.732.